The van der Waals surface area contributed by atoms with E-state index in [0.717, 1.165) is 11.1 Å². The van der Waals surface area contributed by atoms with Gasteiger partial charge < -0.3 is 15.5 Å². The van der Waals surface area contributed by atoms with Crippen molar-refractivity contribution in [2.24, 2.45) is 5.73 Å². The average Bonchev–Trinajstić information content (AvgIpc) is 3.24. The largest absolute Gasteiger partial charge is 0.453 e. The molecule has 3 aromatic rings. The molecule has 0 saturated carbocycles. The molecule has 1 heterocycles. The van der Waals surface area contributed by atoms with Gasteiger partial charge in [-0.2, -0.15) is 0 Å². The van der Waals surface area contributed by atoms with Gasteiger partial charge in [-0.25, -0.2) is 8.42 Å². The smallest absolute Gasteiger partial charge is 0.294 e. The van der Waals surface area contributed by atoms with Crippen molar-refractivity contribution in [2.75, 3.05) is 0 Å². The maximum Gasteiger partial charge on any atom is 0.294 e. The number of aromatic nitrogens is 1. The van der Waals surface area contributed by atoms with Gasteiger partial charge in [-0.05, 0) is 22.8 Å². The molecule has 0 amide bonds. The molecule has 0 radical (unpaired) electrons. The molecule has 2 aromatic carbocycles. The van der Waals surface area contributed by atoms with Gasteiger partial charge in [-0.1, -0.05) is 60.7 Å². The summed E-state index contributed by atoms with van der Waals surface area (Å²) in [6.45, 7) is 4.43. The number of H-pyrrole nitrogens is 1. The van der Waals surface area contributed by atoms with Crippen molar-refractivity contribution < 1.29 is 17.9 Å². The summed E-state index contributed by atoms with van der Waals surface area (Å²) in [4.78, 5) is 14.0. The van der Waals surface area contributed by atoms with Crippen LogP contribution in [0.4, 0.5) is 0 Å². The molecule has 0 aliphatic heterocycles. The highest BCUT2D eigenvalue weighted by Gasteiger charge is 2.29. The number of carbonyl (C=O) groups excluding carboxylic acids is 1. The molecule has 0 spiro atoms. The van der Waals surface area contributed by atoms with E-state index in [1.54, 1.807) is 36.4 Å². The zero-order valence-electron chi connectivity index (χ0n) is 15.7. The monoisotopic (exact) mass is 410 g/mol. The van der Waals surface area contributed by atoms with E-state index < -0.39 is 21.2 Å². The normalized spacial score (nSPS) is 13.4. The minimum atomic E-state index is -3.76. The molecule has 3 N–H and O–H groups in total. The number of hydrogen-bond donors (Lipinski definition) is 2. The summed E-state index contributed by atoms with van der Waals surface area (Å²) < 4.78 is 31.6. The highest BCUT2D eigenvalue weighted by Crippen LogP contribution is 2.33. The van der Waals surface area contributed by atoms with Gasteiger partial charge in [0.15, 0.2) is 15.9 Å². The first-order valence-electron chi connectivity index (χ1n) is 8.99. The van der Waals surface area contributed by atoms with E-state index in [0.29, 0.717) is 24.3 Å². The van der Waals surface area contributed by atoms with Crippen LogP contribution in [0, 0.1) is 0 Å². The zero-order valence-corrected chi connectivity index (χ0v) is 16.5. The first-order chi connectivity index (χ1) is 14.0. The van der Waals surface area contributed by atoms with Gasteiger partial charge in [-0.3, -0.25) is 4.79 Å². The highest BCUT2D eigenvalue weighted by molar-refractivity contribution is 7.91. The summed E-state index contributed by atoms with van der Waals surface area (Å²) in [5.41, 5.74) is 8.31. The molecule has 2 unspecified atom stereocenters. The molecule has 0 aliphatic carbocycles. The van der Waals surface area contributed by atoms with Crippen LogP contribution < -0.4 is 5.73 Å². The van der Waals surface area contributed by atoms with E-state index in [2.05, 4.69) is 11.6 Å². The van der Waals surface area contributed by atoms with Gasteiger partial charge in [0.05, 0.1) is 10.6 Å². The molecule has 1 aromatic heterocycles. The Bertz CT molecular complexity index is 1070. The first-order valence-corrected chi connectivity index (χ1v) is 10.5. The molecule has 6 nitrogen and oxygen atoms in total. The number of benzene rings is 2. The topological polar surface area (TPSA) is 102 Å². The van der Waals surface area contributed by atoms with Crippen LogP contribution in [0.25, 0.3) is 0 Å². The van der Waals surface area contributed by atoms with Crippen LogP contribution in [0.5, 0.6) is 0 Å². The highest BCUT2D eigenvalue weighted by atomic mass is 32.2. The summed E-state index contributed by atoms with van der Waals surface area (Å²) >= 11 is 0. The molecule has 2 atom stereocenters. The Hall–Kier alpha value is -3.16. The Morgan fingerprint density at radius 3 is 2.34 bits per heavy atom. The summed E-state index contributed by atoms with van der Waals surface area (Å²) in [5.74, 6) is 0. The van der Waals surface area contributed by atoms with Gasteiger partial charge in [0.1, 0.15) is 5.25 Å². The Labute approximate surface area is 169 Å². The van der Waals surface area contributed by atoms with Crippen molar-refractivity contribution in [3.63, 3.8) is 0 Å². The third-order valence-electron chi connectivity index (χ3n) is 4.68. The number of nitrogens with two attached hydrogens (primary N) is 1. The van der Waals surface area contributed by atoms with Crippen molar-refractivity contribution in [3.8, 4) is 0 Å². The molecule has 0 saturated heterocycles. The second-order valence-corrected chi connectivity index (χ2v) is 8.53. The number of carbonyl (C=O) groups is 1. The van der Waals surface area contributed by atoms with Crippen LogP contribution in [-0.4, -0.2) is 19.9 Å². The van der Waals surface area contributed by atoms with E-state index in [1.165, 1.54) is 18.3 Å². The minimum Gasteiger partial charge on any atom is -0.453 e. The lowest BCUT2D eigenvalue weighted by molar-refractivity contribution is -0.132. The number of sulfone groups is 1. The van der Waals surface area contributed by atoms with E-state index >= 15 is 0 Å². The van der Waals surface area contributed by atoms with Crippen LogP contribution >= 0.6 is 0 Å². The number of rotatable bonds is 9. The van der Waals surface area contributed by atoms with Crippen molar-refractivity contribution in [3.05, 3.63) is 102 Å². The summed E-state index contributed by atoms with van der Waals surface area (Å²) in [5, 5.41) is -0.917. The van der Waals surface area contributed by atoms with Crippen LogP contribution in [0.3, 0.4) is 0 Å². The van der Waals surface area contributed by atoms with E-state index in [-0.39, 0.29) is 4.90 Å². The molecular formula is C22H22N2O4S. The third kappa shape index (κ3) is 4.31. The summed E-state index contributed by atoms with van der Waals surface area (Å²) in [6, 6.07) is 17.6. The number of nitrogens with one attached hydrogen (secondary N) is 1. The summed E-state index contributed by atoms with van der Waals surface area (Å²) in [7, 11) is -3.76. The predicted molar refractivity (Wildman–Crippen MR) is 111 cm³/mol. The van der Waals surface area contributed by atoms with Crippen LogP contribution in [0.2, 0.25) is 0 Å². The summed E-state index contributed by atoms with van der Waals surface area (Å²) in [6.07, 6.45) is 2.07. The van der Waals surface area contributed by atoms with Gasteiger partial charge >= 0.3 is 0 Å². The SMILES string of the molecule is C=CC(c1ccc(CN)cc1)S(=O)(=O)c1c[nH]c(C(OC=O)c2ccccc2)c1. The molecule has 0 bridgehead atoms. The number of hydrogen-bond acceptors (Lipinski definition) is 5. The Balaban J connectivity index is 1.96. The molecule has 150 valence electrons. The quantitative estimate of drug-likeness (QED) is 0.416. The lowest BCUT2D eigenvalue weighted by Crippen LogP contribution is -2.11. The number of ether oxygens (including phenoxy) is 1. The first kappa shape index (κ1) is 20.6. The zero-order chi connectivity index (χ0) is 20.9. The molecule has 3 rings (SSSR count). The van der Waals surface area contributed by atoms with Crippen molar-refractivity contribution in [2.45, 2.75) is 22.8 Å². The Kier molecular flexibility index (Phi) is 6.31. The van der Waals surface area contributed by atoms with Crippen LogP contribution in [-0.2, 0) is 25.9 Å². The fourth-order valence-corrected chi connectivity index (χ4v) is 4.73. The predicted octanol–water partition coefficient (Wildman–Crippen LogP) is 3.44. The van der Waals surface area contributed by atoms with Gasteiger partial charge in [0.2, 0.25) is 0 Å². The van der Waals surface area contributed by atoms with E-state index in [9.17, 15) is 13.2 Å². The second-order valence-electron chi connectivity index (χ2n) is 6.46. The van der Waals surface area contributed by atoms with E-state index in [1.807, 2.05) is 18.2 Å². The molecule has 7 heteroatoms. The standard InChI is InChI=1S/C22H22N2O4S/c1-2-21(17-10-8-16(13-23)9-11-17)29(26,27)19-12-20(24-14-19)22(28-15-25)18-6-4-3-5-7-18/h2-12,14-15,21-22,24H,1,13,23H2. The maximum atomic E-state index is 13.2. The lowest BCUT2D eigenvalue weighted by Gasteiger charge is -2.15. The second kappa shape index (κ2) is 8.89. The van der Waals surface area contributed by atoms with Crippen LogP contribution in [0.1, 0.15) is 33.7 Å². The minimum absolute atomic E-state index is 0.0933. The third-order valence-corrected chi connectivity index (χ3v) is 6.70. The van der Waals surface area contributed by atoms with E-state index in [4.69, 9.17) is 10.5 Å². The van der Waals surface area contributed by atoms with Gasteiger partial charge in [0, 0.05) is 12.7 Å². The molecule has 0 aliphatic rings. The molecule has 29 heavy (non-hydrogen) atoms. The fraction of sp³-hybridized carbons (Fsp3) is 0.136. The Morgan fingerprint density at radius 1 is 1.07 bits per heavy atom. The number of aromatic amines is 1. The van der Waals surface area contributed by atoms with Gasteiger partial charge in [-0.15, -0.1) is 6.58 Å². The van der Waals surface area contributed by atoms with Crippen molar-refractivity contribution in [1.82, 2.24) is 4.98 Å². The molecule has 0 fully saturated rings. The van der Waals surface area contributed by atoms with Crippen LogP contribution in [0.15, 0.2) is 84.4 Å². The molecular weight excluding hydrogens is 388 g/mol. The lowest BCUT2D eigenvalue weighted by atomic mass is 10.1. The average molecular weight is 410 g/mol. The fourth-order valence-electron chi connectivity index (χ4n) is 3.15. The van der Waals surface area contributed by atoms with Gasteiger partial charge in [0.25, 0.3) is 6.47 Å². The Morgan fingerprint density at radius 2 is 1.76 bits per heavy atom. The maximum absolute atomic E-state index is 13.2. The van der Waals surface area contributed by atoms with Crippen molar-refractivity contribution >= 4 is 16.3 Å². The van der Waals surface area contributed by atoms with Crippen molar-refractivity contribution in [1.29, 1.82) is 0 Å².